The largest absolute Gasteiger partial charge is 0.495 e. The van der Waals surface area contributed by atoms with E-state index < -0.39 is 47.3 Å². The summed E-state index contributed by atoms with van der Waals surface area (Å²) in [4.78, 5) is 40.4. The second kappa shape index (κ2) is 15.8. The van der Waals surface area contributed by atoms with Crippen molar-refractivity contribution in [1.82, 2.24) is 19.6 Å². The number of aromatic nitrogens is 4. The van der Waals surface area contributed by atoms with E-state index in [4.69, 9.17) is 21.1 Å². The van der Waals surface area contributed by atoms with E-state index in [0.29, 0.717) is 17.3 Å². The van der Waals surface area contributed by atoms with Gasteiger partial charge in [0.05, 0.1) is 30.8 Å². The SMILES string of the molecule is CC[C@@H](C(=O)Nc1ccc(C(=O)OC(c2ccccc2)c2ccccc2)c(F)c1)n1cc(OC)c(-c2cc(Cl)ccc2-n2cc(C(F)(F)F)nn2)cc1=O. The van der Waals surface area contributed by atoms with E-state index >= 15 is 4.39 Å². The van der Waals surface area contributed by atoms with Crippen LogP contribution in [0.15, 0.2) is 120 Å². The summed E-state index contributed by atoms with van der Waals surface area (Å²) in [7, 11) is 1.31. The van der Waals surface area contributed by atoms with Gasteiger partial charge in [0.15, 0.2) is 11.8 Å². The van der Waals surface area contributed by atoms with Gasteiger partial charge in [-0.15, -0.1) is 5.10 Å². The van der Waals surface area contributed by atoms with Crippen LogP contribution in [-0.4, -0.2) is 38.5 Å². The summed E-state index contributed by atoms with van der Waals surface area (Å²) >= 11 is 6.25. The van der Waals surface area contributed by atoms with Gasteiger partial charge in [0.2, 0.25) is 5.91 Å². The summed E-state index contributed by atoms with van der Waals surface area (Å²) in [6.45, 7) is 1.66. The van der Waals surface area contributed by atoms with E-state index in [9.17, 15) is 27.6 Å². The van der Waals surface area contributed by atoms with Gasteiger partial charge in [0.25, 0.3) is 5.56 Å². The Kier molecular flexibility index (Phi) is 10.9. The minimum atomic E-state index is -4.74. The fourth-order valence-electron chi connectivity index (χ4n) is 5.83. The number of hydrogen-bond acceptors (Lipinski definition) is 7. The van der Waals surface area contributed by atoms with E-state index in [1.165, 1.54) is 43.6 Å². The van der Waals surface area contributed by atoms with Crippen molar-refractivity contribution in [3.05, 3.63) is 159 Å². The molecule has 0 aliphatic carbocycles. The molecule has 0 fully saturated rings. The number of alkyl halides is 3. The normalized spacial score (nSPS) is 12.0. The number of hydrogen-bond donors (Lipinski definition) is 1. The lowest BCUT2D eigenvalue weighted by Crippen LogP contribution is -2.32. The highest BCUT2D eigenvalue weighted by molar-refractivity contribution is 6.31. The predicted molar refractivity (Wildman–Crippen MR) is 192 cm³/mol. The quantitative estimate of drug-likeness (QED) is 0.104. The van der Waals surface area contributed by atoms with Crippen molar-refractivity contribution in [3.63, 3.8) is 0 Å². The van der Waals surface area contributed by atoms with E-state index in [1.54, 1.807) is 55.5 Å². The number of halogens is 5. The van der Waals surface area contributed by atoms with Crippen LogP contribution in [0.1, 0.15) is 52.7 Å². The topological polar surface area (TPSA) is 117 Å². The molecule has 0 bridgehead atoms. The van der Waals surface area contributed by atoms with Crippen molar-refractivity contribution < 1.29 is 36.6 Å². The number of ether oxygens (including phenoxy) is 2. The second-order valence-corrected chi connectivity index (χ2v) is 12.4. The summed E-state index contributed by atoms with van der Waals surface area (Å²) in [5.41, 5.74) is -0.372. The van der Waals surface area contributed by atoms with Gasteiger partial charge >= 0.3 is 12.1 Å². The zero-order valence-corrected chi connectivity index (χ0v) is 29.3. The fraction of sp³-hybridized carbons (Fsp3) is 0.154. The number of nitrogens with one attached hydrogen (secondary N) is 1. The molecule has 6 aromatic rings. The molecule has 2 aromatic heterocycles. The molecular formula is C39H30ClF4N5O5. The summed E-state index contributed by atoms with van der Waals surface area (Å²) < 4.78 is 68.6. The minimum Gasteiger partial charge on any atom is -0.495 e. The molecule has 0 aliphatic heterocycles. The van der Waals surface area contributed by atoms with Gasteiger partial charge in [-0.25, -0.2) is 13.9 Å². The maximum atomic E-state index is 15.4. The fourth-order valence-corrected chi connectivity index (χ4v) is 6.00. The molecule has 276 valence electrons. The van der Waals surface area contributed by atoms with Crippen LogP contribution in [0.4, 0.5) is 23.2 Å². The number of rotatable bonds is 11. The monoisotopic (exact) mass is 759 g/mol. The summed E-state index contributed by atoms with van der Waals surface area (Å²) in [5, 5.41) is 9.61. The molecule has 0 saturated heterocycles. The van der Waals surface area contributed by atoms with Gasteiger partial charge in [-0.1, -0.05) is 84.4 Å². The molecule has 0 saturated carbocycles. The summed E-state index contributed by atoms with van der Waals surface area (Å²) in [5.74, 6) is -2.46. The van der Waals surface area contributed by atoms with Crippen LogP contribution in [0.2, 0.25) is 5.02 Å². The Morgan fingerprint density at radius 1 is 0.889 bits per heavy atom. The average Bonchev–Trinajstić information content (AvgIpc) is 3.67. The molecule has 4 aromatic carbocycles. The van der Waals surface area contributed by atoms with Crippen LogP contribution in [-0.2, 0) is 15.7 Å². The number of amides is 1. The number of anilines is 1. The third kappa shape index (κ3) is 8.03. The Labute approximate surface area is 310 Å². The minimum absolute atomic E-state index is 0.0152. The molecule has 1 N–H and O–H groups in total. The Morgan fingerprint density at radius 3 is 2.13 bits per heavy atom. The van der Waals surface area contributed by atoms with Gasteiger partial charge < -0.3 is 14.8 Å². The van der Waals surface area contributed by atoms with Crippen molar-refractivity contribution in [3.8, 4) is 22.6 Å². The Bertz CT molecular complexity index is 2330. The number of nitrogens with zero attached hydrogens (tertiary/aromatic N) is 4. The Hall–Kier alpha value is -6.28. The van der Waals surface area contributed by atoms with E-state index in [2.05, 4.69) is 15.6 Å². The first-order chi connectivity index (χ1) is 25.9. The highest BCUT2D eigenvalue weighted by atomic mass is 35.5. The van der Waals surface area contributed by atoms with Gasteiger partial charge in [0.1, 0.15) is 17.6 Å². The third-order valence-electron chi connectivity index (χ3n) is 8.45. The smallest absolute Gasteiger partial charge is 0.436 e. The molecule has 15 heteroatoms. The van der Waals surface area contributed by atoms with Gasteiger partial charge in [-0.2, -0.15) is 13.2 Å². The number of benzene rings is 4. The van der Waals surface area contributed by atoms with Crippen LogP contribution >= 0.6 is 11.6 Å². The highest BCUT2D eigenvalue weighted by Gasteiger charge is 2.35. The van der Waals surface area contributed by atoms with E-state index in [0.717, 1.165) is 21.4 Å². The molecule has 0 aliphatic rings. The average molecular weight is 760 g/mol. The summed E-state index contributed by atoms with van der Waals surface area (Å²) in [6.07, 6.45) is -3.45. The molecule has 0 spiro atoms. The lowest BCUT2D eigenvalue weighted by atomic mass is 10.0. The zero-order valence-electron chi connectivity index (χ0n) is 28.6. The molecule has 6 rings (SSSR count). The van der Waals surface area contributed by atoms with Crippen LogP contribution in [0.5, 0.6) is 5.75 Å². The number of pyridine rings is 1. The van der Waals surface area contributed by atoms with Gasteiger partial charge in [-0.05, 0) is 53.9 Å². The molecule has 1 atom stereocenters. The third-order valence-corrected chi connectivity index (χ3v) is 8.69. The standard InChI is InChI=1S/C39H30ClF4N5O5/c1-3-31(48-21-33(53-2)29(20-35(48)50)28-18-25(40)14-17-32(28)49-22-34(46-47-49)39(42,43)44)37(51)45-26-15-16-27(30(41)19-26)38(52)54-36(23-10-6-4-7-11-23)24-12-8-5-9-13-24/h4-22,31,36H,3H2,1-2H3,(H,45,51)/t31-/m0/s1. The maximum Gasteiger partial charge on any atom is 0.436 e. The van der Waals surface area contributed by atoms with Crippen LogP contribution in [0.3, 0.4) is 0 Å². The molecule has 54 heavy (non-hydrogen) atoms. The van der Waals surface area contributed by atoms with E-state index in [-0.39, 0.29) is 45.3 Å². The van der Waals surface area contributed by atoms with Crippen molar-refractivity contribution in [2.75, 3.05) is 12.4 Å². The lowest BCUT2D eigenvalue weighted by molar-refractivity contribution is -0.141. The van der Waals surface area contributed by atoms with Crippen LogP contribution in [0, 0.1) is 5.82 Å². The molecule has 2 heterocycles. The Morgan fingerprint density at radius 2 is 1.56 bits per heavy atom. The molecular weight excluding hydrogens is 730 g/mol. The van der Waals surface area contributed by atoms with Crippen molar-refractivity contribution >= 4 is 29.2 Å². The first-order valence-corrected chi connectivity index (χ1v) is 16.8. The van der Waals surface area contributed by atoms with Crippen LogP contribution < -0.4 is 15.6 Å². The number of carbonyl (C=O) groups is 2. The van der Waals surface area contributed by atoms with Crippen molar-refractivity contribution in [2.24, 2.45) is 0 Å². The number of carbonyl (C=O) groups excluding carboxylic acids is 2. The summed E-state index contributed by atoms with van der Waals surface area (Å²) in [6, 6.07) is 25.8. The zero-order chi connectivity index (χ0) is 38.6. The molecule has 0 radical (unpaired) electrons. The Balaban J connectivity index is 1.24. The first kappa shape index (κ1) is 37.5. The molecule has 1 amide bonds. The number of methoxy groups -OCH3 is 1. The van der Waals surface area contributed by atoms with Gasteiger partial charge in [-0.3, -0.25) is 14.2 Å². The van der Waals surface area contributed by atoms with Gasteiger partial charge in [0, 0.05) is 27.9 Å². The van der Waals surface area contributed by atoms with Crippen molar-refractivity contribution in [2.45, 2.75) is 31.7 Å². The van der Waals surface area contributed by atoms with E-state index in [1.807, 2.05) is 12.1 Å². The molecule has 10 nitrogen and oxygen atoms in total. The van der Waals surface area contributed by atoms with Crippen molar-refractivity contribution in [1.29, 1.82) is 0 Å². The highest BCUT2D eigenvalue weighted by Crippen LogP contribution is 2.36. The molecule has 0 unspecified atom stereocenters. The predicted octanol–water partition coefficient (Wildman–Crippen LogP) is 8.45. The lowest BCUT2D eigenvalue weighted by Gasteiger charge is -2.21. The maximum absolute atomic E-state index is 15.4. The van der Waals surface area contributed by atoms with Crippen LogP contribution in [0.25, 0.3) is 16.8 Å². The first-order valence-electron chi connectivity index (χ1n) is 16.4. The number of esters is 1. The second-order valence-electron chi connectivity index (χ2n) is 11.9.